The monoisotopic (exact) mass is 270 g/mol. The first-order valence-corrected chi connectivity index (χ1v) is 6.90. The molecule has 2 N–H and O–H groups in total. The zero-order valence-corrected chi connectivity index (χ0v) is 12.1. The van der Waals surface area contributed by atoms with Crippen LogP contribution in [0.4, 0.5) is 5.69 Å². The smallest absolute Gasteiger partial charge is 0.115 e. The highest BCUT2D eigenvalue weighted by Crippen LogP contribution is 2.12. The molecule has 0 bridgehead atoms. The van der Waals surface area contributed by atoms with Gasteiger partial charge in [0.2, 0.25) is 0 Å². The molecule has 0 fully saturated rings. The van der Waals surface area contributed by atoms with Crippen molar-refractivity contribution in [2.24, 2.45) is 0 Å². The number of nitrogens with one attached hydrogen (secondary N) is 1. The molecule has 20 heavy (non-hydrogen) atoms. The Balaban J connectivity index is 1.74. The molecule has 2 rings (SSSR count). The number of phenolic OH excluding ortho intramolecular Hbond substituents is 1. The van der Waals surface area contributed by atoms with E-state index in [4.69, 9.17) is 0 Å². The Morgan fingerprint density at radius 2 is 1.50 bits per heavy atom. The van der Waals surface area contributed by atoms with Gasteiger partial charge in [-0.05, 0) is 48.4 Å². The lowest BCUT2D eigenvalue weighted by Gasteiger charge is -2.13. The van der Waals surface area contributed by atoms with Crippen LogP contribution in [0.15, 0.2) is 48.5 Å². The molecule has 3 heteroatoms. The summed E-state index contributed by atoms with van der Waals surface area (Å²) in [5.41, 5.74) is 3.75. The summed E-state index contributed by atoms with van der Waals surface area (Å²) in [6, 6.07) is 16.0. The van der Waals surface area contributed by atoms with Crippen LogP contribution in [0.3, 0.4) is 0 Å². The second-order valence-corrected chi connectivity index (χ2v) is 5.15. The predicted octanol–water partition coefficient (Wildman–Crippen LogP) is 2.79. The molecule has 3 nitrogen and oxygen atoms in total. The van der Waals surface area contributed by atoms with E-state index in [1.807, 2.05) is 26.2 Å². The molecular weight excluding hydrogens is 248 g/mol. The van der Waals surface area contributed by atoms with Gasteiger partial charge in [-0.3, -0.25) is 0 Å². The van der Waals surface area contributed by atoms with Crippen molar-refractivity contribution in [3.05, 3.63) is 59.7 Å². The molecule has 0 aliphatic rings. The summed E-state index contributed by atoms with van der Waals surface area (Å²) in [4.78, 5) is 2.10. The molecule has 0 atom stereocenters. The van der Waals surface area contributed by atoms with Gasteiger partial charge in [0.25, 0.3) is 0 Å². The largest absolute Gasteiger partial charge is 0.508 e. The van der Waals surface area contributed by atoms with Gasteiger partial charge in [-0.2, -0.15) is 0 Å². The third kappa shape index (κ3) is 4.28. The Kier molecular flexibility index (Phi) is 5.02. The first kappa shape index (κ1) is 14.4. The molecule has 0 aliphatic heterocycles. The Hall–Kier alpha value is -2.00. The summed E-state index contributed by atoms with van der Waals surface area (Å²) in [7, 11) is 4.09. The molecule has 2 aromatic carbocycles. The summed E-state index contributed by atoms with van der Waals surface area (Å²) in [6.07, 6.45) is 0.968. The van der Waals surface area contributed by atoms with E-state index in [0.29, 0.717) is 5.75 Å². The maximum atomic E-state index is 9.22. The van der Waals surface area contributed by atoms with Gasteiger partial charge in [0.05, 0.1) is 0 Å². The molecule has 0 spiro atoms. The molecule has 0 saturated carbocycles. The zero-order chi connectivity index (χ0) is 14.4. The average molecular weight is 270 g/mol. The van der Waals surface area contributed by atoms with E-state index in [-0.39, 0.29) is 0 Å². The number of aromatic hydroxyl groups is 1. The fraction of sp³-hybridized carbons (Fsp3) is 0.294. The van der Waals surface area contributed by atoms with Gasteiger partial charge in [-0.15, -0.1) is 0 Å². The molecule has 0 amide bonds. The normalized spacial score (nSPS) is 10.5. The van der Waals surface area contributed by atoms with E-state index in [0.717, 1.165) is 19.5 Å². The van der Waals surface area contributed by atoms with Gasteiger partial charge in [-0.25, -0.2) is 0 Å². The molecule has 0 radical (unpaired) electrons. The van der Waals surface area contributed by atoms with Crippen molar-refractivity contribution in [1.82, 2.24) is 5.32 Å². The molecule has 0 unspecified atom stereocenters. The van der Waals surface area contributed by atoms with Crippen molar-refractivity contribution < 1.29 is 5.11 Å². The van der Waals surface area contributed by atoms with Crippen LogP contribution in [0, 0.1) is 0 Å². The second kappa shape index (κ2) is 6.96. The maximum absolute atomic E-state index is 9.22. The summed E-state index contributed by atoms with van der Waals surface area (Å²) >= 11 is 0. The van der Waals surface area contributed by atoms with Crippen molar-refractivity contribution in [2.75, 3.05) is 25.5 Å². The molecule has 0 heterocycles. The Morgan fingerprint density at radius 1 is 0.900 bits per heavy atom. The van der Waals surface area contributed by atoms with Crippen molar-refractivity contribution in [3.63, 3.8) is 0 Å². The number of rotatable bonds is 6. The quantitative estimate of drug-likeness (QED) is 0.792. The van der Waals surface area contributed by atoms with Crippen LogP contribution in [0.2, 0.25) is 0 Å². The van der Waals surface area contributed by atoms with Crippen LogP contribution in [0.5, 0.6) is 5.75 Å². The number of hydrogen-bond donors (Lipinski definition) is 2. The first-order chi connectivity index (χ1) is 9.65. The van der Waals surface area contributed by atoms with Gasteiger partial charge in [0, 0.05) is 26.3 Å². The Bertz CT molecular complexity index is 518. The van der Waals surface area contributed by atoms with Crippen LogP contribution >= 0.6 is 0 Å². The van der Waals surface area contributed by atoms with Gasteiger partial charge < -0.3 is 15.3 Å². The van der Waals surface area contributed by atoms with E-state index in [2.05, 4.69) is 34.5 Å². The number of nitrogens with zero attached hydrogens (tertiary/aromatic N) is 1. The van der Waals surface area contributed by atoms with E-state index >= 15 is 0 Å². The van der Waals surface area contributed by atoms with E-state index in [1.54, 1.807) is 12.1 Å². The van der Waals surface area contributed by atoms with Crippen molar-refractivity contribution in [2.45, 2.75) is 13.0 Å². The zero-order valence-electron chi connectivity index (χ0n) is 12.1. The molecule has 0 aromatic heterocycles. The van der Waals surface area contributed by atoms with Crippen LogP contribution in [-0.4, -0.2) is 25.7 Å². The minimum Gasteiger partial charge on any atom is -0.508 e. The predicted molar refractivity (Wildman–Crippen MR) is 84.3 cm³/mol. The van der Waals surface area contributed by atoms with Crippen LogP contribution in [-0.2, 0) is 13.0 Å². The standard InChI is InChI=1S/C17H22N2O/c1-19(2)16-7-3-15(4-8-16)13-18-12-11-14-5-9-17(20)10-6-14/h3-10,18,20H,11-13H2,1-2H3. The van der Waals surface area contributed by atoms with Crippen LogP contribution in [0.25, 0.3) is 0 Å². The lowest BCUT2D eigenvalue weighted by Crippen LogP contribution is -2.16. The van der Waals surface area contributed by atoms with Crippen LogP contribution in [0.1, 0.15) is 11.1 Å². The summed E-state index contributed by atoms with van der Waals surface area (Å²) < 4.78 is 0. The number of anilines is 1. The van der Waals surface area contributed by atoms with Crippen molar-refractivity contribution >= 4 is 5.69 Å². The van der Waals surface area contributed by atoms with Gasteiger partial charge in [-0.1, -0.05) is 24.3 Å². The topological polar surface area (TPSA) is 35.5 Å². The fourth-order valence-electron chi connectivity index (χ4n) is 2.04. The van der Waals surface area contributed by atoms with Crippen molar-refractivity contribution in [3.8, 4) is 5.75 Å². The van der Waals surface area contributed by atoms with E-state index in [9.17, 15) is 5.11 Å². The second-order valence-electron chi connectivity index (χ2n) is 5.15. The highest BCUT2D eigenvalue weighted by Gasteiger charge is 1.97. The van der Waals surface area contributed by atoms with Crippen LogP contribution < -0.4 is 10.2 Å². The third-order valence-corrected chi connectivity index (χ3v) is 3.31. The SMILES string of the molecule is CN(C)c1ccc(CNCCc2ccc(O)cc2)cc1. The number of benzene rings is 2. The van der Waals surface area contributed by atoms with Crippen molar-refractivity contribution in [1.29, 1.82) is 0 Å². The fourth-order valence-corrected chi connectivity index (χ4v) is 2.04. The van der Waals surface area contributed by atoms with E-state index in [1.165, 1.54) is 16.8 Å². The lowest BCUT2D eigenvalue weighted by molar-refractivity contribution is 0.475. The van der Waals surface area contributed by atoms with E-state index < -0.39 is 0 Å². The maximum Gasteiger partial charge on any atom is 0.115 e. The molecule has 106 valence electrons. The highest BCUT2D eigenvalue weighted by atomic mass is 16.3. The van der Waals surface area contributed by atoms with Gasteiger partial charge >= 0.3 is 0 Å². The molecular formula is C17H22N2O. The average Bonchev–Trinajstić information content (AvgIpc) is 2.46. The van der Waals surface area contributed by atoms with Gasteiger partial charge in [0.1, 0.15) is 5.75 Å². The lowest BCUT2D eigenvalue weighted by atomic mass is 10.1. The number of phenols is 1. The Morgan fingerprint density at radius 3 is 2.10 bits per heavy atom. The molecule has 0 saturated heterocycles. The van der Waals surface area contributed by atoms with Gasteiger partial charge in [0.15, 0.2) is 0 Å². The highest BCUT2D eigenvalue weighted by molar-refractivity contribution is 5.45. The third-order valence-electron chi connectivity index (χ3n) is 3.31. The minimum absolute atomic E-state index is 0.322. The minimum atomic E-state index is 0.322. The Labute approximate surface area is 120 Å². The summed E-state index contributed by atoms with van der Waals surface area (Å²) in [5, 5.41) is 12.7. The summed E-state index contributed by atoms with van der Waals surface area (Å²) in [6.45, 7) is 1.81. The number of hydrogen-bond acceptors (Lipinski definition) is 3. The molecule has 0 aliphatic carbocycles. The molecule has 2 aromatic rings. The summed E-state index contributed by atoms with van der Waals surface area (Å²) in [5.74, 6) is 0.322. The first-order valence-electron chi connectivity index (χ1n) is 6.90.